The number of piperidine rings is 2. The van der Waals surface area contributed by atoms with E-state index in [1.165, 1.54) is 17.2 Å². The lowest BCUT2D eigenvalue weighted by molar-refractivity contribution is -0.155. The van der Waals surface area contributed by atoms with E-state index in [-0.39, 0.29) is 43.0 Å². The van der Waals surface area contributed by atoms with Gasteiger partial charge in [-0.05, 0) is 37.4 Å². The molecule has 2 aliphatic rings. The number of amides is 3. The maximum absolute atomic E-state index is 14.9. The van der Waals surface area contributed by atoms with E-state index in [1.807, 2.05) is 11.9 Å². The van der Waals surface area contributed by atoms with Gasteiger partial charge in [-0.2, -0.15) is 0 Å². The number of nitrogens with two attached hydrogens (primary N) is 1. The molecule has 2 aromatic carbocycles. The number of halogens is 4. The van der Waals surface area contributed by atoms with Crippen molar-refractivity contribution in [2.45, 2.75) is 5.60 Å². The molecule has 42 heavy (non-hydrogen) atoms. The highest BCUT2D eigenvalue weighted by Gasteiger charge is 2.54. The number of urea groups is 1. The first-order chi connectivity index (χ1) is 20.0. The summed E-state index contributed by atoms with van der Waals surface area (Å²) in [5, 5.41) is 16.9. The number of nitrogens with zero attached hydrogens (tertiary/aromatic N) is 3. The van der Waals surface area contributed by atoms with Gasteiger partial charge in [0.05, 0.1) is 11.3 Å². The van der Waals surface area contributed by atoms with E-state index in [0.717, 1.165) is 24.3 Å². The summed E-state index contributed by atoms with van der Waals surface area (Å²) < 4.78 is 56.8. The predicted molar refractivity (Wildman–Crippen MR) is 146 cm³/mol. The molecule has 0 radical (unpaired) electrons. The topological polar surface area (TPSA) is 124 Å². The van der Waals surface area contributed by atoms with Crippen LogP contribution in [0.1, 0.15) is 16.1 Å². The van der Waals surface area contributed by atoms with Crippen LogP contribution in [0.25, 0.3) is 11.1 Å². The Morgan fingerprint density at radius 2 is 1.67 bits per heavy atom. The number of hydrogen-bond acceptors (Lipinski definition) is 6. The zero-order chi connectivity index (χ0) is 30.2. The van der Waals surface area contributed by atoms with Gasteiger partial charge in [0.1, 0.15) is 28.9 Å². The molecule has 1 unspecified atom stereocenters. The van der Waals surface area contributed by atoms with Gasteiger partial charge in [0.2, 0.25) is 0 Å². The van der Waals surface area contributed by atoms with Gasteiger partial charge in [0.15, 0.2) is 0 Å². The van der Waals surface area contributed by atoms with Crippen molar-refractivity contribution in [2.75, 3.05) is 51.6 Å². The van der Waals surface area contributed by atoms with Gasteiger partial charge in [0, 0.05) is 80.2 Å². The van der Waals surface area contributed by atoms with Gasteiger partial charge in [-0.25, -0.2) is 22.4 Å². The lowest BCUT2D eigenvalue weighted by atomic mass is 9.68. The quantitative estimate of drug-likeness (QED) is 0.330. The summed E-state index contributed by atoms with van der Waals surface area (Å²) >= 11 is 0. The summed E-state index contributed by atoms with van der Waals surface area (Å²) in [6.07, 6.45) is 1.33. The molecule has 3 amide bonds. The van der Waals surface area contributed by atoms with Gasteiger partial charge in [-0.15, -0.1) is 0 Å². The molecule has 3 heterocycles. The van der Waals surface area contributed by atoms with E-state index in [9.17, 15) is 32.3 Å². The number of fused-ring (bicyclic) bond motifs is 2. The number of benzene rings is 2. The molecule has 2 bridgehead atoms. The SMILES string of the molecule is CN1C[C@@H]2CN(C(=O)Nc3cc(F)cc(F)c3)C[C@H](C1)C2(O)c1ccc(-c2cc(F)c(C(=O)NCCN)cc2F)cn1. The van der Waals surface area contributed by atoms with Crippen molar-refractivity contribution < 1.29 is 32.3 Å². The Bertz CT molecular complexity index is 1470. The van der Waals surface area contributed by atoms with Crippen LogP contribution in [0.3, 0.4) is 0 Å². The molecule has 222 valence electrons. The molecule has 2 fully saturated rings. The molecular formula is C29H30F4N6O3. The van der Waals surface area contributed by atoms with Crippen LogP contribution in [0.4, 0.5) is 28.0 Å². The third kappa shape index (κ3) is 5.67. The van der Waals surface area contributed by atoms with Gasteiger partial charge < -0.3 is 31.3 Å². The molecular weight excluding hydrogens is 556 g/mol. The van der Waals surface area contributed by atoms with Gasteiger partial charge in [-0.1, -0.05) is 6.07 Å². The number of rotatable bonds is 6. The maximum atomic E-state index is 14.9. The Balaban J connectivity index is 1.36. The van der Waals surface area contributed by atoms with Crippen LogP contribution < -0.4 is 16.4 Å². The Hall–Kier alpha value is -4.07. The van der Waals surface area contributed by atoms with Crippen molar-refractivity contribution in [2.24, 2.45) is 17.6 Å². The molecule has 2 aliphatic heterocycles. The highest BCUT2D eigenvalue weighted by molar-refractivity contribution is 5.95. The average Bonchev–Trinajstić information content (AvgIpc) is 2.93. The first-order valence-corrected chi connectivity index (χ1v) is 13.4. The second-order valence-corrected chi connectivity index (χ2v) is 10.7. The third-order valence-corrected chi connectivity index (χ3v) is 7.81. The maximum Gasteiger partial charge on any atom is 0.321 e. The number of anilines is 1. The van der Waals surface area contributed by atoms with Crippen molar-refractivity contribution in [3.05, 3.63) is 83.2 Å². The molecule has 0 aliphatic carbocycles. The largest absolute Gasteiger partial charge is 0.383 e. The fourth-order valence-corrected chi connectivity index (χ4v) is 5.86. The minimum Gasteiger partial charge on any atom is -0.383 e. The molecule has 9 nitrogen and oxygen atoms in total. The average molecular weight is 587 g/mol. The van der Waals surface area contributed by atoms with Crippen molar-refractivity contribution in [3.8, 4) is 11.1 Å². The third-order valence-electron chi connectivity index (χ3n) is 7.81. The number of pyridine rings is 1. The smallest absolute Gasteiger partial charge is 0.321 e. The molecule has 5 N–H and O–H groups in total. The van der Waals surface area contributed by atoms with Crippen molar-refractivity contribution in [1.82, 2.24) is 20.1 Å². The molecule has 3 atom stereocenters. The van der Waals surface area contributed by atoms with Crippen LogP contribution in [0, 0.1) is 35.1 Å². The van der Waals surface area contributed by atoms with E-state index in [0.29, 0.717) is 24.8 Å². The number of likely N-dealkylation sites (tertiary alicyclic amines) is 2. The summed E-state index contributed by atoms with van der Waals surface area (Å²) in [4.78, 5) is 33.1. The number of carbonyl (C=O) groups excluding carboxylic acids is 2. The lowest BCUT2D eigenvalue weighted by Gasteiger charge is -2.54. The van der Waals surface area contributed by atoms with Gasteiger partial charge >= 0.3 is 6.03 Å². The van der Waals surface area contributed by atoms with Crippen molar-refractivity contribution in [1.29, 1.82) is 0 Å². The highest BCUT2D eigenvalue weighted by atomic mass is 19.1. The number of hydrogen-bond donors (Lipinski definition) is 4. The summed E-state index contributed by atoms with van der Waals surface area (Å²) in [6.45, 7) is 1.40. The first-order valence-electron chi connectivity index (χ1n) is 13.4. The second kappa shape index (κ2) is 11.7. The van der Waals surface area contributed by atoms with E-state index >= 15 is 0 Å². The summed E-state index contributed by atoms with van der Waals surface area (Å²) in [6, 6.07) is 6.98. The highest BCUT2D eigenvalue weighted by Crippen LogP contribution is 2.44. The predicted octanol–water partition coefficient (Wildman–Crippen LogP) is 2.91. The van der Waals surface area contributed by atoms with E-state index < -0.39 is 58.2 Å². The zero-order valence-corrected chi connectivity index (χ0v) is 22.7. The standard InChI is InChI=1S/C29H30F4N6O3/c1-38-12-17-14-39(28(41)37-21-7-19(30)6-20(31)8-21)15-18(13-38)29(17,42)26-3-2-16(11-36-26)22-9-25(33)23(10-24(22)32)27(40)35-5-4-34/h2-3,6-11,17-18,42H,4-5,12-15,34H2,1H3,(H,35,40)(H,37,41)/t17-,18+,29?. The van der Waals surface area contributed by atoms with E-state index in [2.05, 4.69) is 15.6 Å². The number of aromatic nitrogens is 1. The number of aliphatic hydroxyl groups is 1. The molecule has 13 heteroatoms. The Morgan fingerprint density at radius 1 is 1.00 bits per heavy atom. The second-order valence-electron chi connectivity index (χ2n) is 10.7. The van der Waals surface area contributed by atoms with Crippen LogP contribution in [0.2, 0.25) is 0 Å². The minimum absolute atomic E-state index is 0.0224. The van der Waals surface area contributed by atoms with E-state index in [1.54, 1.807) is 6.07 Å². The molecule has 0 spiro atoms. The summed E-state index contributed by atoms with van der Waals surface area (Å²) in [5.74, 6) is -5.09. The van der Waals surface area contributed by atoms with Crippen LogP contribution in [-0.4, -0.2) is 78.1 Å². The molecule has 2 saturated heterocycles. The Kier molecular flexibility index (Phi) is 8.17. The normalized spacial score (nSPS) is 22.1. The Labute approximate surface area is 239 Å². The zero-order valence-electron chi connectivity index (χ0n) is 22.7. The first kappa shape index (κ1) is 29.4. The lowest BCUT2D eigenvalue weighted by Crippen LogP contribution is -2.66. The van der Waals surface area contributed by atoms with Crippen molar-refractivity contribution in [3.63, 3.8) is 0 Å². The molecule has 3 aromatic rings. The number of nitrogens with one attached hydrogen (secondary N) is 2. The number of carbonyl (C=O) groups is 2. The van der Waals surface area contributed by atoms with Gasteiger partial charge in [-0.3, -0.25) is 9.78 Å². The fourth-order valence-electron chi connectivity index (χ4n) is 5.86. The molecule has 0 saturated carbocycles. The monoisotopic (exact) mass is 586 g/mol. The molecule has 5 rings (SSSR count). The van der Waals surface area contributed by atoms with Crippen LogP contribution in [0.15, 0.2) is 48.7 Å². The molecule has 1 aromatic heterocycles. The van der Waals surface area contributed by atoms with Crippen LogP contribution in [-0.2, 0) is 5.60 Å². The minimum atomic E-state index is -1.43. The fraction of sp³-hybridized carbons (Fsp3) is 0.345. The van der Waals surface area contributed by atoms with Crippen molar-refractivity contribution >= 4 is 17.6 Å². The van der Waals surface area contributed by atoms with Crippen LogP contribution >= 0.6 is 0 Å². The van der Waals surface area contributed by atoms with Crippen LogP contribution in [0.5, 0.6) is 0 Å². The van der Waals surface area contributed by atoms with Gasteiger partial charge in [0.25, 0.3) is 5.91 Å². The van der Waals surface area contributed by atoms with E-state index in [4.69, 9.17) is 5.73 Å². The summed E-state index contributed by atoms with van der Waals surface area (Å²) in [7, 11) is 1.90. The Morgan fingerprint density at radius 3 is 2.26 bits per heavy atom. The summed E-state index contributed by atoms with van der Waals surface area (Å²) in [5.41, 5.74) is 3.90.